The van der Waals surface area contributed by atoms with Gasteiger partial charge in [-0.05, 0) is 54.9 Å². The van der Waals surface area contributed by atoms with E-state index in [-0.39, 0.29) is 17.9 Å². The summed E-state index contributed by atoms with van der Waals surface area (Å²) in [5.74, 6) is 1.35. The Morgan fingerprint density at radius 1 is 1.00 bits per heavy atom. The van der Waals surface area contributed by atoms with Gasteiger partial charge in [-0.1, -0.05) is 63.2 Å². The Balaban J connectivity index is 1.34. The molecule has 188 valence electrons. The molecular weight excluding hydrogens is 438 g/mol. The van der Waals surface area contributed by atoms with Crippen LogP contribution in [0.2, 0.25) is 0 Å². The Morgan fingerprint density at radius 2 is 1.69 bits per heavy atom. The molecule has 1 unspecified atom stereocenters. The third kappa shape index (κ3) is 5.87. The molecule has 6 nitrogen and oxygen atoms in total. The molecule has 1 N–H and O–H groups in total. The van der Waals surface area contributed by atoms with Crippen LogP contribution in [0, 0.1) is 5.92 Å². The predicted molar refractivity (Wildman–Crippen MR) is 138 cm³/mol. The van der Waals surface area contributed by atoms with Crippen LogP contribution >= 0.6 is 0 Å². The summed E-state index contributed by atoms with van der Waals surface area (Å²) in [6.07, 6.45) is 2.91. The molecule has 1 atom stereocenters. The van der Waals surface area contributed by atoms with Crippen LogP contribution in [-0.2, 0) is 22.7 Å². The van der Waals surface area contributed by atoms with Gasteiger partial charge in [0.15, 0.2) is 0 Å². The molecule has 0 saturated carbocycles. The Hall–Kier alpha value is -2.86. The van der Waals surface area contributed by atoms with E-state index in [0.717, 1.165) is 37.4 Å². The van der Waals surface area contributed by atoms with Crippen molar-refractivity contribution in [3.8, 4) is 5.75 Å². The van der Waals surface area contributed by atoms with Gasteiger partial charge in [-0.2, -0.15) is 0 Å². The second-order valence-corrected chi connectivity index (χ2v) is 10.4. The number of hydrogen-bond acceptors (Lipinski definition) is 4. The smallest absolute Gasteiger partial charge is 0.246 e. The zero-order valence-corrected chi connectivity index (χ0v) is 21.3. The van der Waals surface area contributed by atoms with E-state index in [1.807, 2.05) is 35.2 Å². The fraction of sp³-hybridized carbons (Fsp3) is 0.517. The minimum Gasteiger partial charge on any atom is -0.489 e. The van der Waals surface area contributed by atoms with Gasteiger partial charge in [-0.3, -0.25) is 14.5 Å². The highest BCUT2D eigenvalue weighted by molar-refractivity contribution is 6.00. The monoisotopic (exact) mass is 477 g/mol. The average Bonchev–Trinajstić information content (AvgIpc) is 2.86. The third-order valence-corrected chi connectivity index (χ3v) is 7.22. The SMILES string of the molecule is CCCN1C(=O)C(CC(C)C)NC(=O)C12CCN(Cc1ccc(OCc3ccccc3)cc1)CC2. The first kappa shape index (κ1) is 25.2. The van der Waals surface area contributed by atoms with Gasteiger partial charge in [0.05, 0.1) is 0 Å². The van der Waals surface area contributed by atoms with Crippen molar-refractivity contribution < 1.29 is 14.3 Å². The van der Waals surface area contributed by atoms with E-state index in [1.165, 1.54) is 5.56 Å². The number of carbonyl (C=O) groups is 2. The first-order valence-corrected chi connectivity index (χ1v) is 13.0. The highest BCUT2D eigenvalue weighted by Gasteiger charge is 2.53. The van der Waals surface area contributed by atoms with Gasteiger partial charge in [0, 0.05) is 26.2 Å². The molecule has 4 rings (SSSR count). The topological polar surface area (TPSA) is 61.9 Å². The maximum Gasteiger partial charge on any atom is 0.246 e. The van der Waals surface area contributed by atoms with Crippen LogP contribution in [-0.4, -0.2) is 52.8 Å². The van der Waals surface area contributed by atoms with Crippen molar-refractivity contribution in [2.24, 2.45) is 5.92 Å². The molecule has 2 saturated heterocycles. The van der Waals surface area contributed by atoms with Crippen molar-refractivity contribution in [2.45, 2.75) is 71.2 Å². The molecule has 35 heavy (non-hydrogen) atoms. The summed E-state index contributed by atoms with van der Waals surface area (Å²) in [5.41, 5.74) is 1.67. The van der Waals surface area contributed by atoms with Crippen molar-refractivity contribution in [3.05, 3.63) is 65.7 Å². The van der Waals surface area contributed by atoms with Crippen LogP contribution in [0.3, 0.4) is 0 Å². The fourth-order valence-corrected chi connectivity index (χ4v) is 5.32. The van der Waals surface area contributed by atoms with Crippen LogP contribution in [0.5, 0.6) is 5.75 Å². The van der Waals surface area contributed by atoms with Crippen LogP contribution in [0.1, 0.15) is 57.6 Å². The van der Waals surface area contributed by atoms with Gasteiger partial charge in [-0.25, -0.2) is 0 Å². The van der Waals surface area contributed by atoms with Crippen molar-refractivity contribution >= 4 is 11.8 Å². The van der Waals surface area contributed by atoms with Gasteiger partial charge in [0.25, 0.3) is 0 Å². The largest absolute Gasteiger partial charge is 0.489 e. The molecule has 0 radical (unpaired) electrons. The first-order valence-electron chi connectivity index (χ1n) is 13.0. The molecule has 0 aliphatic carbocycles. The molecule has 2 aromatic rings. The first-order chi connectivity index (χ1) is 16.9. The quantitative estimate of drug-likeness (QED) is 0.582. The summed E-state index contributed by atoms with van der Waals surface area (Å²) in [4.78, 5) is 30.9. The molecule has 2 amide bonds. The minimum atomic E-state index is -0.702. The van der Waals surface area contributed by atoms with Crippen LogP contribution in [0.25, 0.3) is 0 Å². The van der Waals surface area contributed by atoms with Crippen molar-refractivity contribution in [2.75, 3.05) is 19.6 Å². The summed E-state index contributed by atoms with van der Waals surface area (Å²) in [5, 5.41) is 3.08. The highest BCUT2D eigenvalue weighted by Crippen LogP contribution is 2.34. The van der Waals surface area contributed by atoms with E-state index in [2.05, 4.69) is 55.3 Å². The Morgan fingerprint density at radius 3 is 2.31 bits per heavy atom. The van der Waals surface area contributed by atoms with E-state index < -0.39 is 5.54 Å². The zero-order chi connectivity index (χ0) is 24.8. The van der Waals surface area contributed by atoms with E-state index in [4.69, 9.17) is 4.74 Å². The summed E-state index contributed by atoms with van der Waals surface area (Å²) in [7, 11) is 0. The van der Waals surface area contributed by atoms with E-state index >= 15 is 0 Å². The maximum absolute atomic E-state index is 13.3. The Kier molecular flexibility index (Phi) is 8.11. The molecule has 2 aliphatic heterocycles. The number of benzene rings is 2. The maximum atomic E-state index is 13.3. The summed E-state index contributed by atoms with van der Waals surface area (Å²) >= 11 is 0. The number of likely N-dealkylation sites (tertiary alicyclic amines) is 1. The number of nitrogens with zero attached hydrogens (tertiary/aromatic N) is 2. The average molecular weight is 478 g/mol. The third-order valence-electron chi connectivity index (χ3n) is 7.22. The molecule has 2 heterocycles. The molecule has 0 aromatic heterocycles. The van der Waals surface area contributed by atoms with E-state index in [1.54, 1.807) is 0 Å². The second kappa shape index (κ2) is 11.3. The van der Waals surface area contributed by atoms with Gasteiger partial charge < -0.3 is 15.0 Å². The van der Waals surface area contributed by atoms with E-state index in [0.29, 0.717) is 38.3 Å². The number of carbonyl (C=O) groups excluding carboxylic acids is 2. The second-order valence-electron chi connectivity index (χ2n) is 10.4. The molecule has 1 spiro atoms. The summed E-state index contributed by atoms with van der Waals surface area (Å²) in [6.45, 7) is 9.88. The Labute approximate surface area is 209 Å². The number of amides is 2. The molecule has 2 aliphatic rings. The number of ether oxygens (including phenoxy) is 1. The molecular formula is C29H39N3O3. The normalized spacial score (nSPS) is 20.3. The van der Waals surface area contributed by atoms with Gasteiger partial charge in [-0.15, -0.1) is 0 Å². The lowest BCUT2D eigenvalue weighted by Gasteiger charge is -2.52. The highest BCUT2D eigenvalue weighted by atomic mass is 16.5. The molecule has 2 fully saturated rings. The van der Waals surface area contributed by atoms with Crippen LogP contribution < -0.4 is 10.1 Å². The minimum absolute atomic E-state index is 0.0377. The number of piperidine rings is 1. The fourth-order valence-electron chi connectivity index (χ4n) is 5.32. The van der Waals surface area contributed by atoms with Crippen molar-refractivity contribution in [3.63, 3.8) is 0 Å². The number of hydrogen-bond donors (Lipinski definition) is 1. The molecule has 2 aromatic carbocycles. The Bertz CT molecular complexity index is 982. The van der Waals surface area contributed by atoms with Gasteiger partial charge >= 0.3 is 0 Å². The number of nitrogens with one attached hydrogen (secondary N) is 1. The lowest BCUT2D eigenvalue weighted by atomic mass is 9.80. The van der Waals surface area contributed by atoms with Gasteiger partial charge in [0.1, 0.15) is 23.9 Å². The van der Waals surface area contributed by atoms with Crippen LogP contribution in [0.4, 0.5) is 0 Å². The summed E-state index contributed by atoms with van der Waals surface area (Å²) in [6, 6.07) is 18.0. The van der Waals surface area contributed by atoms with Crippen LogP contribution in [0.15, 0.2) is 54.6 Å². The van der Waals surface area contributed by atoms with Crippen molar-refractivity contribution in [1.29, 1.82) is 0 Å². The lowest BCUT2D eigenvalue weighted by Crippen LogP contribution is -2.73. The molecule has 6 heteroatoms. The standard InChI is InChI=1S/C29H39N3O3/c1-4-16-32-27(33)26(19-22(2)3)30-28(34)29(32)14-17-31(18-15-29)20-23-10-12-25(13-11-23)35-21-24-8-6-5-7-9-24/h5-13,22,26H,4,14-21H2,1-3H3,(H,30,34). The number of piperazine rings is 1. The van der Waals surface area contributed by atoms with Gasteiger partial charge in [0.2, 0.25) is 11.8 Å². The van der Waals surface area contributed by atoms with E-state index in [9.17, 15) is 9.59 Å². The predicted octanol–water partition coefficient (Wildman–Crippen LogP) is 4.38. The summed E-state index contributed by atoms with van der Waals surface area (Å²) < 4.78 is 5.91. The lowest BCUT2D eigenvalue weighted by molar-refractivity contribution is -0.161. The number of rotatable bonds is 9. The van der Waals surface area contributed by atoms with Crippen molar-refractivity contribution in [1.82, 2.24) is 15.1 Å². The molecule has 0 bridgehead atoms. The zero-order valence-electron chi connectivity index (χ0n) is 21.3.